The highest BCUT2D eigenvalue weighted by atomic mass is 32.2. The lowest BCUT2D eigenvalue weighted by atomic mass is 9.78. The number of carbonyl (C=O) groups excluding carboxylic acids is 2. The second-order valence-electron chi connectivity index (χ2n) is 12.3. The van der Waals surface area contributed by atoms with Crippen molar-refractivity contribution in [2.45, 2.75) is 56.1 Å². The Hall–Kier alpha value is -4.10. The molecule has 0 unspecified atom stereocenters. The normalized spacial score (nSPS) is 16.8. The molecule has 48 heavy (non-hydrogen) atoms. The molecule has 258 valence electrons. The van der Waals surface area contributed by atoms with Crippen LogP contribution in [0.4, 0.5) is 26.3 Å². The van der Waals surface area contributed by atoms with Crippen LogP contribution in [0.5, 0.6) is 11.5 Å². The number of carbonyl (C=O) groups is 2. The third kappa shape index (κ3) is 5.60. The van der Waals surface area contributed by atoms with Crippen molar-refractivity contribution < 1.29 is 70.6 Å². The van der Waals surface area contributed by atoms with Gasteiger partial charge >= 0.3 is 43.2 Å². The minimum Gasteiger partial charge on any atom is -0.456 e. The molecule has 0 radical (unpaired) electrons. The standard InChI is InChI=1S/C29H24F6O10S2Si/c1-26(2,3)42-24(36)17-7-6-8-20-23(17)25(37)43-27(20)18-11-9-15(44-46(38,39)28(30,31)32)13-21(18)48(4,5)22-14-16(10-12-19(22)27)45-47(40,41)29(33,34)35/h6-14H,1-5H3. The predicted octanol–water partition coefficient (Wildman–Crippen LogP) is 4.70. The summed E-state index contributed by atoms with van der Waals surface area (Å²) in [7, 11) is -15.7. The monoisotopic (exact) mass is 738 g/mol. The van der Waals surface area contributed by atoms with Gasteiger partial charge in [0.25, 0.3) is 0 Å². The van der Waals surface area contributed by atoms with Crippen LogP contribution in [-0.4, -0.2) is 53.5 Å². The molecule has 0 amide bonds. The summed E-state index contributed by atoms with van der Waals surface area (Å²) in [6, 6.07) is 10.2. The summed E-state index contributed by atoms with van der Waals surface area (Å²) in [6.45, 7) is 7.93. The van der Waals surface area contributed by atoms with Gasteiger partial charge in [-0.15, -0.1) is 0 Å². The summed E-state index contributed by atoms with van der Waals surface area (Å²) in [5.74, 6) is -3.51. The number of esters is 2. The first-order valence-electron chi connectivity index (χ1n) is 13.6. The van der Waals surface area contributed by atoms with Crippen LogP contribution in [0, 0.1) is 0 Å². The minimum absolute atomic E-state index is 0.0380. The lowest BCUT2D eigenvalue weighted by Crippen LogP contribution is -2.63. The zero-order valence-corrected chi connectivity index (χ0v) is 28.0. The topological polar surface area (TPSA) is 139 Å². The Labute approximate surface area is 270 Å². The van der Waals surface area contributed by atoms with E-state index in [0.29, 0.717) is 0 Å². The van der Waals surface area contributed by atoms with E-state index in [1.54, 1.807) is 33.9 Å². The third-order valence-corrected chi connectivity index (χ3v) is 13.1. The van der Waals surface area contributed by atoms with Crippen molar-refractivity contribution >= 4 is 50.6 Å². The highest BCUT2D eigenvalue weighted by Crippen LogP contribution is 2.50. The van der Waals surface area contributed by atoms with Crippen LogP contribution in [0.25, 0.3) is 0 Å². The molecule has 0 aromatic heterocycles. The van der Waals surface area contributed by atoms with Gasteiger partial charge in [0.1, 0.15) is 25.2 Å². The van der Waals surface area contributed by atoms with E-state index in [4.69, 9.17) is 9.47 Å². The van der Waals surface area contributed by atoms with E-state index in [-0.39, 0.29) is 38.2 Å². The number of ether oxygens (including phenoxy) is 2. The van der Waals surface area contributed by atoms with Gasteiger partial charge in [0.15, 0.2) is 5.60 Å². The maximum absolute atomic E-state index is 13.7. The fraction of sp³-hybridized carbons (Fsp3) is 0.310. The lowest BCUT2D eigenvalue weighted by Gasteiger charge is -2.43. The van der Waals surface area contributed by atoms with Gasteiger partial charge < -0.3 is 17.8 Å². The maximum atomic E-state index is 13.7. The number of rotatable bonds is 5. The first-order valence-corrected chi connectivity index (χ1v) is 19.5. The van der Waals surface area contributed by atoms with Crippen molar-refractivity contribution in [2.24, 2.45) is 0 Å². The number of hydrogen-bond donors (Lipinski definition) is 0. The minimum atomic E-state index is -6.15. The highest BCUT2D eigenvalue weighted by Gasteiger charge is 2.58. The molecule has 19 heteroatoms. The van der Waals surface area contributed by atoms with Gasteiger partial charge in [0.05, 0.1) is 11.1 Å². The Bertz CT molecular complexity index is 2000. The Kier molecular flexibility index (Phi) is 7.85. The average molecular weight is 739 g/mol. The molecule has 10 nitrogen and oxygen atoms in total. The number of benzene rings is 3. The number of alkyl halides is 6. The molecule has 1 spiro atoms. The van der Waals surface area contributed by atoms with Gasteiger partial charge in [-0.25, -0.2) is 9.59 Å². The summed E-state index contributed by atoms with van der Waals surface area (Å²) in [4.78, 5) is 26.9. The van der Waals surface area contributed by atoms with Gasteiger partial charge in [0, 0.05) is 16.7 Å². The second kappa shape index (κ2) is 10.7. The summed E-state index contributed by atoms with van der Waals surface area (Å²) in [5, 5.41) is 0.202. The second-order valence-corrected chi connectivity index (χ2v) is 19.7. The average Bonchev–Trinajstić information content (AvgIpc) is 3.22. The van der Waals surface area contributed by atoms with Gasteiger partial charge in [-0.2, -0.15) is 43.2 Å². The Balaban J connectivity index is 1.81. The fourth-order valence-corrected chi connectivity index (χ4v) is 9.72. The van der Waals surface area contributed by atoms with Gasteiger partial charge in [-0.1, -0.05) is 37.4 Å². The number of halogens is 6. The molecular formula is C29H24F6O10S2Si. The molecule has 3 aromatic carbocycles. The molecule has 0 N–H and O–H groups in total. The molecule has 2 aliphatic heterocycles. The lowest BCUT2D eigenvalue weighted by molar-refractivity contribution is -0.0504. The number of hydrogen-bond acceptors (Lipinski definition) is 10. The molecule has 0 fully saturated rings. The first kappa shape index (κ1) is 35.2. The summed E-state index contributed by atoms with van der Waals surface area (Å²) >= 11 is 0. The molecule has 3 aromatic rings. The number of fused-ring (bicyclic) bond motifs is 6. The molecule has 0 aliphatic carbocycles. The van der Waals surface area contributed by atoms with E-state index < -0.39 is 74.0 Å². The Morgan fingerprint density at radius 1 is 0.750 bits per heavy atom. The largest absolute Gasteiger partial charge is 0.534 e. The van der Waals surface area contributed by atoms with Crippen molar-refractivity contribution in [1.29, 1.82) is 0 Å². The van der Waals surface area contributed by atoms with Crippen molar-refractivity contribution in [3.8, 4) is 11.5 Å². The predicted molar refractivity (Wildman–Crippen MR) is 158 cm³/mol. The van der Waals surface area contributed by atoms with Crippen LogP contribution in [0.3, 0.4) is 0 Å². The zero-order valence-electron chi connectivity index (χ0n) is 25.4. The van der Waals surface area contributed by atoms with E-state index >= 15 is 0 Å². The maximum Gasteiger partial charge on any atom is 0.534 e. The smallest absolute Gasteiger partial charge is 0.456 e. The van der Waals surface area contributed by atoms with E-state index in [1.807, 2.05) is 0 Å². The quantitative estimate of drug-likeness (QED) is 0.119. The van der Waals surface area contributed by atoms with Crippen LogP contribution in [-0.2, 0) is 35.3 Å². The van der Waals surface area contributed by atoms with E-state index in [0.717, 1.165) is 24.3 Å². The van der Waals surface area contributed by atoms with E-state index in [1.165, 1.54) is 30.3 Å². The van der Waals surface area contributed by atoms with Crippen molar-refractivity contribution in [3.63, 3.8) is 0 Å². The molecule has 0 atom stereocenters. The molecule has 0 bridgehead atoms. The van der Waals surface area contributed by atoms with Crippen LogP contribution in [0.2, 0.25) is 13.1 Å². The van der Waals surface area contributed by atoms with Crippen LogP contribution < -0.4 is 18.7 Å². The molecular weight excluding hydrogens is 715 g/mol. The molecule has 5 rings (SSSR count). The van der Waals surface area contributed by atoms with Crippen molar-refractivity contribution in [3.05, 3.63) is 82.4 Å². The molecule has 2 aliphatic rings. The SMILES string of the molecule is CC(C)(C)OC(=O)c1cccc2c1C(=O)OC21c2ccc(OS(=O)(=O)C(F)(F)F)cc2[Si](C)(C)c2cc(OS(=O)(=O)C(F)(F)F)ccc21. The first-order chi connectivity index (χ1) is 21.7. The fourth-order valence-electron chi connectivity index (χ4n) is 5.65. The third-order valence-electron chi connectivity index (χ3n) is 7.58. The summed E-state index contributed by atoms with van der Waals surface area (Å²) in [6.07, 6.45) is 0. The van der Waals surface area contributed by atoms with Gasteiger partial charge in [-0.05, 0) is 61.5 Å². The van der Waals surface area contributed by atoms with E-state index in [9.17, 15) is 52.8 Å². The molecule has 0 saturated heterocycles. The highest BCUT2D eigenvalue weighted by molar-refractivity contribution is 7.88. The Morgan fingerprint density at radius 3 is 1.62 bits per heavy atom. The van der Waals surface area contributed by atoms with Crippen LogP contribution in [0.1, 0.15) is 58.2 Å². The van der Waals surface area contributed by atoms with E-state index in [2.05, 4.69) is 8.37 Å². The summed E-state index contributed by atoms with van der Waals surface area (Å²) < 4.78 is 147. The van der Waals surface area contributed by atoms with Gasteiger partial charge in [-0.3, -0.25) is 0 Å². The summed E-state index contributed by atoms with van der Waals surface area (Å²) in [5.41, 5.74) is -14.8. The molecule has 2 heterocycles. The van der Waals surface area contributed by atoms with Crippen molar-refractivity contribution in [1.82, 2.24) is 0 Å². The van der Waals surface area contributed by atoms with Crippen molar-refractivity contribution in [2.75, 3.05) is 0 Å². The van der Waals surface area contributed by atoms with Gasteiger partial charge in [0.2, 0.25) is 0 Å². The Morgan fingerprint density at radius 2 is 1.21 bits per heavy atom. The zero-order chi connectivity index (χ0) is 36.0. The molecule has 0 saturated carbocycles. The van der Waals surface area contributed by atoms with Crippen LogP contribution >= 0.6 is 0 Å². The van der Waals surface area contributed by atoms with Crippen LogP contribution in [0.15, 0.2) is 54.6 Å².